The molecule has 2 fully saturated rings. The van der Waals surface area contributed by atoms with Crippen molar-refractivity contribution in [3.63, 3.8) is 0 Å². The van der Waals surface area contributed by atoms with Gasteiger partial charge in [-0.2, -0.15) is 5.26 Å². The normalized spacial score (nSPS) is 20.8. The number of fused-ring (bicyclic) bond motifs is 3. The molecule has 2 aliphatic rings. The highest BCUT2D eigenvalue weighted by Gasteiger charge is 2.42. The molecule has 0 radical (unpaired) electrons. The van der Waals surface area contributed by atoms with Crippen molar-refractivity contribution < 1.29 is 9.18 Å². The quantitative estimate of drug-likeness (QED) is 0.416. The van der Waals surface area contributed by atoms with Crippen molar-refractivity contribution in [1.29, 1.82) is 5.26 Å². The van der Waals surface area contributed by atoms with Gasteiger partial charge in [-0.3, -0.25) is 9.59 Å². The molecule has 3 atom stereocenters. The zero-order valence-corrected chi connectivity index (χ0v) is 21.1. The van der Waals surface area contributed by atoms with E-state index in [0.717, 1.165) is 47.0 Å². The highest BCUT2D eigenvalue weighted by Crippen LogP contribution is 2.39. The number of hydrogen-bond donors (Lipinski definition) is 1. The summed E-state index contributed by atoms with van der Waals surface area (Å²) < 4.78 is 17.1. The van der Waals surface area contributed by atoms with Gasteiger partial charge in [0.15, 0.2) is 0 Å². The molecule has 1 aromatic heterocycles. The van der Waals surface area contributed by atoms with Crippen LogP contribution in [0.2, 0.25) is 0 Å². The number of amides is 1. The topological polar surface area (TPSA) is 92.1 Å². The van der Waals surface area contributed by atoms with Crippen molar-refractivity contribution in [2.45, 2.75) is 43.8 Å². The summed E-state index contributed by atoms with van der Waals surface area (Å²) in [6, 6.07) is 18.1. The maximum Gasteiger partial charge on any atom is 0.307 e. The number of benzene rings is 3. The molecular formula is C29H25FN4O2S. The Bertz CT molecular complexity index is 1650. The summed E-state index contributed by atoms with van der Waals surface area (Å²) >= 11 is 1.17. The molecule has 186 valence electrons. The Labute approximate surface area is 217 Å². The summed E-state index contributed by atoms with van der Waals surface area (Å²) in [4.78, 5) is 27.8. The van der Waals surface area contributed by atoms with Crippen molar-refractivity contribution in [2.75, 3.05) is 0 Å². The molecule has 0 unspecified atom stereocenters. The number of halogens is 1. The van der Waals surface area contributed by atoms with E-state index in [1.807, 2.05) is 47.4 Å². The van der Waals surface area contributed by atoms with E-state index in [2.05, 4.69) is 0 Å². The van der Waals surface area contributed by atoms with Crippen molar-refractivity contribution in [2.24, 2.45) is 12.8 Å². The van der Waals surface area contributed by atoms with E-state index >= 15 is 0 Å². The number of carbonyl (C=O) groups excluding carboxylic acids is 1. The number of carbonyl (C=O) groups is 1. The predicted octanol–water partition coefficient (Wildman–Crippen LogP) is 5.04. The van der Waals surface area contributed by atoms with Gasteiger partial charge >= 0.3 is 4.87 Å². The standard InChI is InChI=1S/C29H25FN4O2S/c1-33-26-9-5-17(12-27(26)37-29(33)36)23-8-4-18(10-24(23)16-2-3-19(15-31)25(30)11-16)28(35)34-21-6-7-22(34)14-20(32)13-21/h2-5,8-12,20-22H,6-7,13-14,32H2,1H3/t20-,21+,22-. The molecule has 1 amide bonds. The van der Waals surface area contributed by atoms with Crippen molar-refractivity contribution in [3.8, 4) is 28.3 Å². The molecule has 3 aromatic carbocycles. The molecule has 0 aliphatic carbocycles. The largest absolute Gasteiger partial charge is 0.333 e. The van der Waals surface area contributed by atoms with Gasteiger partial charge in [0.2, 0.25) is 0 Å². The number of rotatable bonds is 3. The third-order valence-electron chi connectivity index (χ3n) is 7.77. The molecule has 6 nitrogen and oxygen atoms in total. The van der Waals surface area contributed by atoms with Crippen LogP contribution in [-0.2, 0) is 7.05 Å². The SMILES string of the molecule is Cn1c(=O)sc2cc(-c3ccc(C(=O)N4[C@@H]5CC[C@H]4C[C@@H](N)C5)cc3-c3ccc(C#N)c(F)c3)ccc21. The van der Waals surface area contributed by atoms with Crippen LogP contribution in [0.1, 0.15) is 41.6 Å². The van der Waals surface area contributed by atoms with Crippen LogP contribution in [0.5, 0.6) is 0 Å². The highest BCUT2D eigenvalue weighted by atomic mass is 32.1. The number of nitrogens with zero attached hydrogens (tertiary/aromatic N) is 3. The molecule has 0 saturated carbocycles. The van der Waals surface area contributed by atoms with Crippen molar-refractivity contribution >= 4 is 27.5 Å². The third-order valence-corrected chi connectivity index (χ3v) is 8.77. The average molecular weight is 513 g/mol. The van der Waals surface area contributed by atoms with Crippen LogP contribution in [0.3, 0.4) is 0 Å². The number of nitriles is 1. The fourth-order valence-electron chi connectivity index (χ4n) is 5.94. The van der Waals surface area contributed by atoms with E-state index in [4.69, 9.17) is 5.73 Å². The Morgan fingerprint density at radius 3 is 2.43 bits per heavy atom. The first-order valence-corrected chi connectivity index (χ1v) is 13.2. The van der Waals surface area contributed by atoms with Gasteiger partial charge in [0.05, 0.1) is 15.8 Å². The molecule has 6 rings (SSSR count). The number of hydrogen-bond acceptors (Lipinski definition) is 5. The lowest BCUT2D eigenvalue weighted by atomic mass is 9.91. The minimum atomic E-state index is -0.609. The Kier molecular flexibility index (Phi) is 5.70. The van der Waals surface area contributed by atoms with Gasteiger partial charge in [0, 0.05) is 30.7 Å². The zero-order chi connectivity index (χ0) is 25.8. The zero-order valence-electron chi connectivity index (χ0n) is 20.3. The molecule has 3 heterocycles. The van der Waals surface area contributed by atoms with Gasteiger partial charge < -0.3 is 15.2 Å². The first kappa shape index (κ1) is 23.6. The molecule has 2 saturated heterocycles. The fraction of sp³-hybridized carbons (Fsp3) is 0.276. The van der Waals surface area contributed by atoms with Gasteiger partial charge in [-0.15, -0.1) is 0 Å². The number of thiazole rings is 1. The second kappa shape index (κ2) is 8.94. The van der Waals surface area contributed by atoms with Gasteiger partial charge in [-0.05, 0) is 84.3 Å². The number of piperidine rings is 1. The van der Waals surface area contributed by atoms with E-state index in [-0.39, 0.29) is 34.5 Å². The van der Waals surface area contributed by atoms with Gasteiger partial charge in [0.25, 0.3) is 5.91 Å². The molecule has 2 N–H and O–H groups in total. The second-order valence-electron chi connectivity index (χ2n) is 10.0. The van der Waals surface area contributed by atoms with Crippen LogP contribution >= 0.6 is 11.3 Å². The van der Waals surface area contributed by atoms with E-state index in [0.29, 0.717) is 16.7 Å². The molecular weight excluding hydrogens is 487 g/mol. The molecule has 2 bridgehead atoms. The van der Waals surface area contributed by atoms with E-state index in [9.17, 15) is 19.2 Å². The fourth-order valence-corrected chi connectivity index (χ4v) is 6.86. The van der Waals surface area contributed by atoms with E-state index < -0.39 is 5.82 Å². The van der Waals surface area contributed by atoms with Crippen LogP contribution in [0, 0.1) is 17.1 Å². The summed E-state index contributed by atoms with van der Waals surface area (Å²) in [5, 5.41) is 9.20. The summed E-state index contributed by atoms with van der Waals surface area (Å²) in [7, 11) is 1.74. The molecule has 37 heavy (non-hydrogen) atoms. The predicted molar refractivity (Wildman–Crippen MR) is 143 cm³/mol. The molecule has 2 aliphatic heterocycles. The Morgan fingerprint density at radius 1 is 1.03 bits per heavy atom. The van der Waals surface area contributed by atoms with Crippen LogP contribution in [0.15, 0.2) is 59.4 Å². The first-order chi connectivity index (χ1) is 17.8. The Balaban J connectivity index is 1.48. The summed E-state index contributed by atoms with van der Waals surface area (Å²) in [5.74, 6) is -0.638. The molecule has 8 heteroatoms. The first-order valence-electron chi connectivity index (χ1n) is 12.4. The van der Waals surface area contributed by atoms with Gasteiger partial charge in [-0.25, -0.2) is 4.39 Å². The van der Waals surface area contributed by atoms with Crippen molar-refractivity contribution in [3.05, 3.63) is 81.2 Å². The summed E-state index contributed by atoms with van der Waals surface area (Å²) in [5.41, 5.74) is 10.5. The van der Waals surface area contributed by atoms with E-state index in [1.54, 1.807) is 17.7 Å². The lowest BCUT2D eigenvalue weighted by Crippen LogP contribution is -2.50. The number of aromatic nitrogens is 1. The molecule has 4 aromatic rings. The van der Waals surface area contributed by atoms with Gasteiger partial charge in [-0.1, -0.05) is 29.5 Å². The Morgan fingerprint density at radius 2 is 1.73 bits per heavy atom. The van der Waals surface area contributed by atoms with Crippen LogP contribution in [-0.4, -0.2) is 33.5 Å². The minimum Gasteiger partial charge on any atom is -0.333 e. The number of aryl methyl sites for hydroxylation is 1. The van der Waals surface area contributed by atoms with Gasteiger partial charge in [0.1, 0.15) is 11.9 Å². The maximum absolute atomic E-state index is 14.7. The van der Waals surface area contributed by atoms with E-state index in [1.165, 1.54) is 23.5 Å². The highest BCUT2D eigenvalue weighted by molar-refractivity contribution is 7.16. The monoisotopic (exact) mass is 512 g/mol. The van der Waals surface area contributed by atoms with Crippen LogP contribution < -0.4 is 10.6 Å². The van der Waals surface area contributed by atoms with Crippen LogP contribution in [0.4, 0.5) is 4.39 Å². The summed E-state index contributed by atoms with van der Waals surface area (Å²) in [6.45, 7) is 0. The Hall–Kier alpha value is -3.80. The smallest absolute Gasteiger partial charge is 0.307 e. The lowest BCUT2D eigenvalue weighted by molar-refractivity contribution is 0.0575. The maximum atomic E-state index is 14.7. The van der Waals surface area contributed by atoms with Crippen molar-refractivity contribution in [1.82, 2.24) is 9.47 Å². The average Bonchev–Trinajstić information content (AvgIpc) is 3.34. The third kappa shape index (κ3) is 3.95. The summed E-state index contributed by atoms with van der Waals surface area (Å²) in [6.07, 6.45) is 3.56. The second-order valence-corrected chi connectivity index (χ2v) is 11.0. The van der Waals surface area contributed by atoms with Crippen LogP contribution in [0.25, 0.3) is 32.5 Å². The lowest BCUT2D eigenvalue weighted by Gasteiger charge is -2.38. The number of nitrogens with two attached hydrogens (primary N) is 1. The minimum absolute atomic E-state index is 0.0296. The molecule has 0 spiro atoms.